The molecular weight excluding hydrogens is 551 g/mol. The van der Waals surface area contributed by atoms with Gasteiger partial charge < -0.3 is 15.4 Å². The van der Waals surface area contributed by atoms with Crippen molar-refractivity contribution < 1.29 is 4.74 Å². The molecule has 9 heteroatoms. The zero-order chi connectivity index (χ0) is 22.2. The summed E-state index contributed by atoms with van der Waals surface area (Å²) in [6.07, 6.45) is 1.95. The molecule has 0 bridgehead atoms. The number of guanidine groups is 1. The predicted octanol–water partition coefficient (Wildman–Crippen LogP) is 4.84. The summed E-state index contributed by atoms with van der Waals surface area (Å²) in [5.74, 6) is 2.20. The number of benzene rings is 2. The average Bonchev–Trinajstić information content (AvgIpc) is 3.24. The van der Waals surface area contributed by atoms with Crippen LogP contribution < -0.4 is 15.4 Å². The Morgan fingerprint density at radius 2 is 1.73 bits per heavy atom. The van der Waals surface area contributed by atoms with E-state index in [-0.39, 0.29) is 24.0 Å². The Bertz CT molecular complexity index is 1210. The number of nitrogens with zero attached hydrogens (tertiary/aromatic N) is 4. The van der Waals surface area contributed by atoms with Crippen LogP contribution in [0.3, 0.4) is 0 Å². The quantitative estimate of drug-likeness (QED) is 0.178. The molecule has 0 fully saturated rings. The van der Waals surface area contributed by atoms with E-state index >= 15 is 0 Å². The highest BCUT2D eigenvalue weighted by atomic mass is 127. The van der Waals surface area contributed by atoms with E-state index in [2.05, 4.69) is 26.9 Å². The number of para-hydroxylation sites is 1. The van der Waals surface area contributed by atoms with Gasteiger partial charge in [-0.15, -0.1) is 34.2 Å². The summed E-state index contributed by atoms with van der Waals surface area (Å²) in [4.78, 5) is 4.75. The molecule has 0 unspecified atom stereocenters. The Hall–Kier alpha value is -2.85. The Balaban J connectivity index is 0.00000306. The molecule has 2 aromatic heterocycles. The molecule has 0 aliphatic heterocycles. The van der Waals surface area contributed by atoms with Crippen molar-refractivity contribution in [1.29, 1.82) is 0 Å². The fourth-order valence-electron chi connectivity index (χ4n) is 3.25. The first-order chi connectivity index (χ1) is 15.7. The van der Waals surface area contributed by atoms with Gasteiger partial charge in [-0.25, -0.2) is 4.99 Å². The summed E-state index contributed by atoms with van der Waals surface area (Å²) >= 11 is 6.21. The van der Waals surface area contributed by atoms with E-state index in [0.29, 0.717) is 36.4 Å². The van der Waals surface area contributed by atoms with Gasteiger partial charge in [0.05, 0.1) is 18.1 Å². The standard InChI is InChI=1S/C24H25ClN6O.HI/c1-2-26-24(28-16-23-30-29-22-13-7-8-14-31(22)23)27-15-18-9-3-4-10-19(18)17-32-21-12-6-5-11-20(21)25;/h3-14H,2,15-17H2,1H3,(H2,26,27,28);1H. The lowest BCUT2D eigenvalue weighted by Gasteiger charge is -2.13. The van der Waals surface area contributed by atoms with Crippen molar-refractivity contribution in [3.8, 4) is 5.75 Å². The molecule has 33 heavy (non-hydrogen) atoms. The fourth-order valence-corrected chi connectivity index (χ4v) is 3.44. The van der Waals surface area contributed by atoms with Gasteiger partial charge in [-0.3, -0.25) is 4.40 Å². The maximum Gasteiger partial charge on any atom is 0.191 e. The highest BCUT2D eigenvalue weighted by Gasteiger charge is 2.08. The predicted molar refractivity (Wildman–Crippen MR) is 142 cm³/mol. The molecule has 0 aliphatic rings. The second-order valence-electron chi connectivity index (χ2n) is 7.08. The van der Waals surface area contributed by atoms with E-state index in [1.54, 1.807) is 0 Å². The summed E-state index contributed by atoms with van der Waals surface area (Å²) in [6, 6.07) is 21.4. The molecule has 0 saturated heterocycles. The van der Waals surface area contributed by atoms with Crippen LogP contribution in [0.2, 0.25) is 5.02 Å². The first-order valence-corrected chi connectivity index (χ1v) is 10.9. The zero-order valence-electron chi connectivity index (χ0n) is 18.2. The number of fused-ring (bicyclic) bond motifs is 1. The monoisotopic (exact) mass is 576 g/mol. The van der Waals surface area contributed by atoms with Gasteiger partial charge in [-0.2, -0.15) is 0 Å². The number of halogens is 2. The normalized spacial score (nSPS) is 11.2. The molecule has 4 aromatic rings. The lowest BCUT2D eigenvalue weighted by molar-refractivity contribution is 0.305. The first kappa shape index (κ1) is 24.8. The van der Waals surface area contributed by atoms with Crippen molar-refractivity contribution in [3.63, 3.8) is 0 Å². The van der Waals surface area contributed by atoms with E-state index in [1.807, 2.05) is 78.2 Å². The van der Waals surface area contributed by atoms with Crippen molar-refractivity contribution in [3.05, 3.63) is 94.9 Å². The highest BCUT2D eigenvalue weighted by molar-refractivity contribution is 14.0. The lowest BCUT2D eigenvalue weighted by atomic mass is 10.1. The SMILES string of the molecule is CCNC(=NCc1ccccc1COc1ccccc1Cl)NCc1nnc2ccccn12.I. The van der Waals surface area contributed by atoms with Gasteiger partial charge in [-0.1, -0.05) is 54.1 Å². The Morgan fingerprint density at radius 3 is 2.55 bits per heavy atom. The molecule has 0 atom stereocenters. The number of aromatic nitrogens is 3. The van der Waals surface area contributed by atoms with Crippen LogP contribution in [-0.2, 0) is 19.7 Å². The van der Waals surface area contributed by atoms with Crippen molar-refractivity contribution in [2.75, 3.05) is 6.54 Å². The topological polar surface area (TPSA) is 75.8 Å². The van der Waals surface area contributed by atoms with Crippen LogP contribution in [-0.4, -0.2) is 27.1 Å². The largest absolute Gasteiger partial charge is 0.487 e. The first-order valence-electron chi connectivity index (χ1n) is 10.5. The summed E-state index contributed by atoms with van der Waals surface area (Å²) in [5.41, 5.74) is 2.97. The van der Waals surface area contributed by atoms with Crippen molar-refractivity contribution >= 4 is 47.2 Å². The smallest absolute Gasteiger partial charge is 0.191 e. The summed E-state index contributed by atoms with van der Waals surface area (Å²) in [6.45, 7) is 4.23. The number of rotatable bonds is 8. The van der Waals surface area contributed by atoms with Gasteiger partial charge in [0.25, 0.3) is 0 Å². The lowest BCUT2D eigenvalue weighted by Crippen LogP contribution is -2.37. The molecule has 0 aliphatic carbocycles. The van der Waals surface area contributed by atoms with Crippen LogP contribution in [0.5, 0.6) is 5.75 Å². The zero-order valence-corrected chi connectivity index (χ0v) is 21.3. The third-order valence-corrected chi connectivity index (χ3v) is 5.20. The summed E-state index contributed by atoms with van der Waals surface area (Å²) in [7, 11) is 0. The van der Waals surface area contributed by atoms with Crippen LogP contribution in [0.15, 0.2) is 77.9 Å². The van der Waals surface area contributed by atoms with Crippen LogP contribution in [0.1, 0.15) is 23.9 Å². The number of hydrogen-bond acceptors (Lipinski definition) is 4. The van der Waals surface area contributed by atoms with Crippen LogP contribution in [0, 0.1) is 0 Å². The molecule has 4 rings (SSSR count). The molecule has 172 valence electrons. The van der Waals surface area contributed by atoms with E-state index in [1.165, 1.54) is 0 Å². The maximum absolute atomic E-state index is 6.21. The number of ether oxygens (including phenoxy) is 1. The third-order valence-electron chi connectivity index (χ3n) is 4.89. The minimum Gasteiger partial charge on any atom is -0.487 e. The molecule has 0 amide bonds. The van der Waals surface area contributed by atoms with E-state index < -0.39 is 0 Å². The second-order valence-corrected chi connectivity index (χ2v) is 7.49. The van der Waals surface area contributed by atoms with Crippen molar-refractivity contribution in [1.82, 2.24) is 25.2 Å². The van der Waals surface area contributed by atoms with Crippen LogP contribution in [0.25, 0.3) is 5.65 Å². The number of pyridine rings is 1. The van der Waals surface area contributed by atoms with E-state index in [4.69, 9.17) is 21.3 Å². The van der Waals surface area contributed by atoms with Gasteiger partial charge >= 0.3 is 0 Å². The van der Waals surface area contributed by atoms with Crippen LogP contribution in [0.4, 0.5) is 0 Å². The second kappa shape index (κ2) is 12.4. The van der Waals surface area contributed by atoms with E-state index in [9.17, 15) is 0 Å². The molecule has 7 nitrogen and oxygen atoms in total. The van der Waals surface area contributed by atoms with Crippen LogP contribution >= 0.6 is 35.6 Å². The van der Waals surface area contributed by atoms with Gasteiger partial charge in [0.15, 0.2) is 17.4 Å². The van der Waals surface area contributed by atoms with Gasteiger partial charge in [0, 0.05) is 12.7 Å². The van der Waals surface area contributed by atoms with Crippen molar-refractivity contribution in [2.24, 2.45) is 4.99 Å². The third kappa shape index (κ3) is 6.58. The molecule has 0 radical (unpaired) electrons. The Morgan fingerprint density at radius 1 is 0.970 bits per heavy atom. The maximum atomic E-state index is 6.21. The van der Waals surface area contributed by atoms with Gasteiger partial charge in [0.2, 0.25) is 0 Å². The van der Waals surface area contributed by atoms with Crippen molar-refractivity contribution in [2.45, 2.75) is 26.6 Å². The minimum atomic E-state index is 0. The average molecular weight is 577 g/mol. The molecule has 2 aromatic carbocycles. The minimum absolute atomic E-state index is 0. The molecular formula is C24H26ClIN6O. The Labute approximate surface area is 215 Å². The van der Waals surface area contributed by atoms with Gasteiger partial charge in [-0.05, 0) is 42.3 Å². The summed E-state index contributed by atoms with van der Waals surface area (Å²) < 4.78 is 7.88. The highest BCUT2D eigenvalue weighted by Crippen LogP contribution is 2.24. The molecule has 0 spiro atoms. The number of nitrogens with one attached hydrogen (secondary N) is 2. The number of aliphatic imine (C=N–C) groups is 1. The Kier molecular flexibility index (Phi) is 9.32. The van der Waals surface area contributed by atoms with E-state index in [0.717, 1.165) is 29.1 Å². The summed E-state index contributed by atoms with van der Waals surface area (Å²) in [5, 5.41) is 15.7. The number of hydrogen-bond donors (Lipinski definition) is 2. The van der Waals surface area contributed by atoms with Gasteiger partial charge in [0.1, 0.15) is 12.4 Å². The molecule has 2 N–H and O–H groups in total. The molecule has 0 saturated carbocycles. The molecule has 2 heterocycles. The fraction of sp³-hybridized carbons (Fsp3) is 0.208.